The molecule has 1 fully saturated rings. The van der Waals surface area contributed by atoms with Gasteiger partial charge < -0.3 is 5.73 Å². The third-order valence-corrected chi connectivity index (χ3v) is 6.48. The van der Waals surface area contributed by atoms with Crippen LogP contribution in [0.3, 0.4) is 0 Å². The number of nitriles is 1. The van der Waals surface area contributed by atoms with Crippen molar-refractivity contribution in [1.82, 2.24) is 0 Å². The van der Waals surface area contributed by atoms with Gasteiger partial charge >= 0.3 is 0 Å². The van der Waals surface area contributed by atoms with Crippen LogP contribution in [0.1, 0.15) is 11.5 Å². The highest BCUT2D eigenvalue weighted by Crippen LogP contribution is 2.55. The summed E-state index contributed by atoms with van der Waals surface area (Å²) in [6, 6.07) is 16.8. The van der Waals surface area contributed by atoms with Gasteiger partial charge in [-0.05, 0) is 29.8 Å². The minimum Gasteiger partial charge on any atom is -0.312 e. The second-order valence-corrected chi connectivity index (χ2v) is 7.86. The summed E-state index contributed by atoms with van der Waals surface area (Å²) in [6.45, 7) is 0. The maximum Gasteiger partial charge on any atom is 0.184 e. The van der Waals surface area contributed by atoms with Crippen LogP contribution in [0.5, 0.6) is 0 Å². The molecule has 0 bridgehead atoms. The molecule has 1 aliphatic carbocycles. The molecule has 0 amide bonds. The second kappa shape index (κ2) is 5.10. The van der Waals surface area contributed by atoms with Gasteiger partial charge in [-0.15, -0.1) is 0 Å². The second-order valence-electron chi connectivity index (χ2n) is 5.36. The first kappa shape index (κ1) is 15.0. The van der Waals surface area contributed by atoms with E-state index in [4.69, 9.17) is 17.3 Å². The van der Waals surface area contributed by atoms with Crippen molar-refractivity contribution in [1.29, 1.82) is 5.26 Å². The predicted octanol–water partition coefficient (Wildman–Crippen LogP) is 2.50. The van der Waals surface area contributed by atoms with Gasteiger partial charge in [0, 0.05) is 10.9 Å². The molecule has 0 heterocycles. The maximum atomic E-state index is 12.8. The SMILES string of the molecule is N#C[C@]1(N)[C@H](c2cccc(Cl)c2)[C@H]1S(=O)(=O)c1ccccc1. The van der Waals surface area contributed by atoms with Crippen LogP contribution in [0, 0.1) is 11.3 Å². The number of hydrogen-bond acceptors (Lipinski definition) is 4. The van der Waals surface area contributed by atoms with E-state index in [0.717, 1.165) is 0 Å². The van der Waals surface area contributed by atoms with Crippen LogP contribution in [-0.2, 0) is 9.84 Å². The lowest BCUT2D eigenvalue weighted by molar-refractivity contribution is 0.592. The molecule has 22 heavy (non-hydrogen) atoms. The average Bonchev–Trinajstić information content (AvgIpc) is 3.16. The molecule has 0 saturated heterocycles. The number of hydrogen-bond donors (Lipinski definition) is 1. The van der Waals surface area contributed by atoms with E-state index in [1.165, 1.54) is 12.1 Å². The highest BCUT2D eigenvalue weighted by atomic mass is 35.5. The Hall–Kier alpha value is -1.87. The average molecular weight is 333 g/mol. The van der Waals surface area contributed by atoms with Crippen LogP contribution in [0.25, 0.3) is 0 Å². The molecule has 112 valence electrons. The third-order valence-electron chi connectivity index (χ3n) is 3.99. The van der Waals surface area contributed by atoms with Crippen LogP contribution in [0.2, 0.25) is 5.02 Å². The van der Waals surface area contributed by atoms with E-state index >= 15 is 0 Å². The summed E-state index contributed by atoms with van der Waals surface area (Å²) in [7, 11) is -3.69. The highest BCUT2D eigenvalue weighted by molar-refractivity contribution is 7.92. The molecule has 0 aliphatic heterocycles. The fourth-order valence-corrected chi connectivity index (χ4v) is 5.25. The van der Waals surface area contributed by atoms with E-state index in [9.17, 15) is 13.7 Å². The van der Waals surface area contributed by atoms with E-state index in [-0.39, 0.29) is 4.90 Å². The Bertz CT molecular complexity index is 861. The fourth-order valence-electron chi connectivity index (χ4n) is 2.85. The minimum atomic E-state index is -3.69. The summed E-state index contributed by atoms with van der Waals surface area (Å²) in [4.78, 5) is 0.176. The molecule has 0 aromatic heterocycles. The Kier molecular flexibility index (Phi) is 3.48. The Morgan fingerprint density at radius 1 is 1.14 bits per heavy atom. The van der Waals surface area contributed by atoms with Gasteiger partial charge in [0.1, 0.15) is 10.8 Å². The van der Waals surface area contributed by atoms with Gasteiger partial charge in [-0.25, -0.2) is 8.42 Å². The number of sulfone groups is 1. The van der Waals surface area contributed by atoms with Gasteiger partial charge in [-0.3, -0.25) is 0 Å². The quantitative estimate of drug-likeness (QED) is 0.936. The molecule has 0 unspecified atom stereocenters. The molecule has 4 nitrogen and oxygen atoms in total. The first-order valence-electron chi connectivity index (χ1n) is 6.66. The molecular weight excluding hydrogens is 320 g/mol. The Balaban J connectivity index is 2.06. The molecule has 1 saturated carbocycles. The van der Waals surface area contributed by atoms with Gasteiger partial charge in [-0.1, -0.05) is 41.9 Å². The number of rotatable bonds is 3. The molecule has 3 rings (SSSR count). The van der Waals surface area contributed by atoms with Crippen LogP contribution in [0.15, 0.2) is 59.5 Å². The first-order chi connectivity index (χ1) is 10.4. The summed E-state index contributed by atoms with van der Waals surface area (Å²) < 4.78 is 25.5. The van der Waals surface area contributed by atoms with Crippen LogP contribution in [-0.4, -0.2) is 19.2 Å². The van der Waals surface area contributed by atoms with Crippen LogP contribution >= 0.6 is 11.6 Å². The smallest absolute Gasteiger partial charge is 0.184 e. The summed E-state index contributed by atoms with van der Waals surface area (Å²) in [6.07, 6.45) is 0. The standard InChI is InChI=1S/C16H13ClN2O2S/c17-12-6-4-5-11(9-12)14-15(16(14,19)10-18)22(20,21)13-7-2-1-3-8-13/h1-9,14-15H,19H2/t14-,15-,16+/m1/s1. The highest BCUT2D eigenvalue weighted by Gasteiger charge is 2.70. The number of nitrogens with two attached hydrogens (primary N) is 1. The Morgan fingerprint density at radius 3 is 2.41 bits per heavy atom. The van der Waals surface area contributed by atoms with E-state index in [2.05, 4.69) is 0 Å². The van der Waals surface area contributed by atoms with Crippen LogP contribution < -0.4 is 5.73 Å². The van der Waals surface area contributed by atoms with E-state index in [1.807, 2.05) is 6.07 Å². The molecule has 0 spiro atoms. The van der Waals surface area contributed by atoms with Gasteiger partial charge in [0.2, 0.25) is 0 Å². The molecular formula is C16H13ClN2O2S. The molecule has 0 radical (unpaired) electrons. The van der Waals surface area contributed by atoms with Gasteiger partial charge in [-0.2, -0.15) is 5.26 Å². The minimum absolute atomic E-state index is 0.176. The van der Waals surface area contributed by atoms with Gasteiger partial charge in [0.25, 0.3) is 0 Å². The van der Waals surface area contributed by atoms with Gasteiger partial charge in [0.05, 0.1) is 11.0 Å². The van der Waals surface area contributed by atoms with Crippen LogP contribution in [0.4, 0.5) is 0 Å². The van der Waals surface area contributed by atoms with Crippen molar-refractivity contribution >= 4 is 21.4 Å². The first-order valence-corrected chi connectivity index (χ1v) is 8.58. The zero-order chi connectivity index (χ0) is 16.0. The van der Waals surface area contributed by atoms with Crippen molar-refractivity contribution in [3.63, 3.8) is 0 Å². The summed E-state index contributed by atoms with van der Waals surface area (Å²) in [5.74, 6) is -0.582. The lowest BCUT2D eigenvalue weighted by Crippen LogP contribution is -2.29. The normalized spacial score (nSPS) is 27.1. The molecule has 2 aromatic rings. The van der Waals surface area contributed by atoms with E-state index < -0.39 is 26.5 Å². The summed E-state index contributed by atoms with van der Waals surface area (Å²) >= 11 is 5.96. The molecule has 6 heteroatoms. The monoisotopic (exact) mass is 332 g/mol. The lowest BCUT2D eigenvalue weighted by Gasteiger charge is -2.04. The molecule has 1 aliphatic rings. The molecule has 3 atom stereocenters. The van der Waals surface area contributed by atoms with Crippen molar-refractivity contribution in [2.24, 2.45) is 5.73 Å². The van der Waals surface area contributed by atoms with Crippen molar-refractivity contribution in [2.45, 2.75) is 21.6 Å². The Morgan fingerprint density at radius 2 is 1.82 bits per heavy atom. The van der Waals surface area contributed by atoms with Crippen molar-refractivity contribution in [3.8, 4) is 6.07 Å². The largest absolute Gasteiger partial charge is 0.312 e. The molecule has 2 N–H and O–H groups in total. The topological polar surface area (TPSA) is 83.9 Å². The number of halogens is 1. The zero-order valence-electron chi connectivity index (χ0n) is 11.5. The number of benzene rings is 2. The maximum absolute atomic E-state index is 12.8. The van der Waals surface area contributed by atoms with Crippen molar-refractivity contribution in [2.75, 3.05) is 0 Å². The Labute approximate surface area is 134 Å². The predicted molar refractivity (Wildman–Crippen MR) is 84.1 cm³/mol. The lowest BCUT2D eigenvalue weighted by atomic mass is 10.1. The van der Waals surface area contributed by atoms with Crippen molar-refractivity contribution < 1.29 is 8.42 Å². The zero-order valence-corrected chi connectivity index (χ0v) is 13.1. The number of nitrogens with zero attached hydrogens (tertiary/aromatic N) is 1. The van der Waals surface area contributed by atoms with Gasteiger partial charge in [0.15, 0.2) is 9.84 Å². The fraction of sp³-hybridized carbons (Fsp3) is 0.188. The third kappa shape index (κ3) is 2.20. The van der Waals surface area contributed by atoms with Crippen molar-refractivity contribution in [3.05, 3.63) is 65.2 Å². The molecule has 2 aromatic carbocycles. The van der Waals surface area contributed by atoms with E-state index in [0.29, 0.717) is 10.6 Å². The summed E-state index contributed by atoms with van der Waals surface area (Å²) in [5, 5.41) is 8.89. The summed E-state index contributed by atoms with van der Waals surface area (Å²) in [5.41, 5.74) is 5.29. The van der Waals surface area contributed by atoms with E-state index in [1.54, 1.807) is 42.5 Å².